The third-order valence-corrected chi connectivity index (χ3v) is 7.68. The Kier molecular flexibility index (Phi) is 6.78. The number of fused-ring (bicyclic) bond motifs is 1. The summed E-state index contributed by atoms with van der Waals surface area (Å²) in [7, 11) is -16.8. The quantitative estimate of drug-likeness (QED) is 0.168. The van der Waals surface area contributed by atoms with E-state index >= 15 is 0 Å². The largest absolute Gasteiger partial charge is 0.490 e. The topological polar surface area (TPSA) is 299 Å². The fourth-order valence-electron chi connectivity index (χ4n) is 2.70. The Morgan fingerprint density at radius 2 is 1.78 bits per heavy atom. The van der Waals surface area contributed by atoms with E-state index < -0.39 is 60.2 Å². The van der Waals surface area contributed by atoms with Crippen LogP contribution in [0.4, 0.5) is 5.95 Å². The molecular formula is C10H16N5O14P3. The monoisotopic (exact) mass is 524 g/mol. The molecule has 1 aliphatic rings. The number of rotatable bonds is 8. The van der Waals surface area contributed by atoms with Crippen LogP contribution in [0.2, 0.25) is 0 Å². The van der Waals surface area contributed by atoms with Crippen LogP contribution in [0.3, 0.4) is 0 Å². The maximum Gasteiger partial charge on any atom is 0.490 e. The lowest BCUT2D eigenvalue weighted by molar-refractivity contribution is -0.0503. The first-order valence-corrected chi connectivity index (χ1v) is 12.6. The van der Waals surface area contributed by atoms with Crippen molar-refractivity contribution >= 4 is 40.6 Å². The molecule has 2 aromatic heterocycles. The summed E-state index contributed by atoms with van der Waals surface area (Å²) < 4.78 is 51.6. The fraction of sp³-hybridized carbons (Fsp3) is 0.500. The minimum Gasteiger partial charge on any atom is -0.387 e. The number of nitrogens with one attached hydrogen (secondary N) is 1. The highest BCUT2D eigenvalue weighted by Gasteiger charge is 2.47. The maximum absolute atomic E-state index is 11.9. The third-order valence-electron chi connectivity index (χ3n) is 3.88. The Morgan fingerprint density at radius 3 is 2.41 bits per heavy atom. The van der Waals surface area contributed by atoms with Gasteiger partial charge in [0.1, 0.15) is 18.3 Å². The molecule has 6 atom stereocenters. The highest BCUT2D eigenvalue weighted by molar-refractivity contribution is 7.66. The molecule has 0 aliphatic carbocycles. The van der Waals surface area contributed by atoms with Gasteiger partial charge in [-0.15, -0.1) is 0 Å². The van der Waals surface area contributed by atoms with E-state index in [-0.39, 0.29) is 17.1 Å². The molecule has 0 bridgehead atoms. The molecule has 3 rings (SSSR count). The third kappa shape index (κ3) is 5.67. The van der Waals surface area contributed by atoms with Crippen molar-refractivity contribution in [3.63, 3.8) is 0 Å². The molecule has 9 N–H and O–H groups in total. The van der Waals surface area contributed by atoms with Gasteiger partial charge in [0.05, 0.1) is 12.9 Å². The first-order valence-electron chi connectivity index (χ1n) is 8.11. The highest BCUT2D eigenvalue weighted by atomic mass is 32.2. The van der Waals surface area contributed by atoms with Crippen LogP contribution in [0.1, 0.15) is 6.23 Å². The molecule has 1 aliphatic heterocycles. The molecule has 19 nitrogen and oxygen atoms in total. The minimum atomic E-state index is -5.73. The number of aliphatic hydroxyl groups is 2. The smallest absolute Gasteiger partial charge is 0.387 e. The summed E-state index contributed by atoms with van der Waals surface area (Å²) >= 11 is 0. The van der Waals surface area contributed by atoms with Gasteiger partial charge in [0.15, 0.2) is 17.4 Å². The summed E-state index contributed by atoms with van der Waals surface area (Å²) in [5.74, 6) is -0.276. The number of aliphatic hydroxyl groups excluding tert-OH is 2. The first-order chi connectivity index (χ1) is 14.6. The van der Waals surface area contributed by atoms with E-state index in [0.717, 1.165) is 10.9 Å². The Labute approximate surface area is 175 Å². The second-order valence-electron chi connectivity index (χ2n) is 6.21. The van der Waals surface area contributed by atoms with E-state index in [1.54, 1.807) is 0 Å². The van der Waals surface area contributed by atoms with Gasteiger partial charge in [-0.05, 0) is 0 Å². The molecule has 0 amide bonds. The number of phosphoric ester groups is 1. The van der Waals surface area contributed by atoms with Crippen molar-refractivity contribution in [1.29, 1.82) is 0 Å². The number of nitrogen functional groups attached to an aromatic ring is 1. The number of H-pyrrole nitrogens is 1. The summed E-state index contributed by atoms with van der Waals surface area (Å²) in [5.41, 5.74) is 4.50. The van der Waals surface area contributed by atoms with Gasteiger partial charge in [-0.2, -0.15) is 13.6 Å². The molecule has 2 aromatic rings. The number of nitrogens with two attached hydrogens (primary N) is 1. The van der Waals surface area contributed by atoms with Crippen LogP contribution >= 0.6 is 23.5 Å². The van der Waals surface area contributed by atoms with Gasteiger partial charge in [0.2, 0.25) is 5.95 Å². The predicted octanol–water partition coefficient (Wildman–Crippen LogP) is -2.34. The molecule has 0 aromatic carbocycles. The minimum absolute atomic E-state index is 0.115. The molecule has 0 spiro atoms. The number of hydrogen-bond acceptors (Lipinski definition) is 13. The molecule has 22 heteroatoms. The lowest BCUT2D eigenvalue weighted by Gasteiger charge is -2.19. The molecule has 2 unspecified atom stereocenters. The number of phosphoric acid groups is 3. The van der Waals surface area contributed by atoms with Gasteiger partial charge in [-0.25, -0.2) is 18.7 Å². The fourth-order valence-corrected chi connectivity index (χ4v) is 5.73. The zero-order valence-corrected chi connectivity index (χ0v) is 18.0. The lowest BCUT2D eigenvalue weighted by atomic mass is 10.1. The Bertz CT molecular complexity index is 1210. The molecule has 180 valence electrons. The van der Waals surface area contributed by atoms with E-state index in [4.69, 9.17) is 25.2 Å². The number of hydrogen-bond donors (Lipinski definition) is 8. The normalized spacial score (nSPS) is 27.9. The summed E-state index contributed by atoms with van der Waals surface area (Å²) in [6.45, 7) is -1.01. The van der Waals surface area contributed by atoms with E-state index in [0.29, 0.717) is 0 Å². The van der Waals surface area contributed by atoms with Gasteiger partial charge >= 0.3 is 23.5 Å². The van der Waals surface area contributed by atoms with Crippen LogP contribution in [0.15, 0.2) is 11.1 Å². The van der Waals surface area contributed by atoms with Crippen LogP contribution in [0.5, 0.6) is 0 Å². The van der Waals surface area contributed by atoms with Crippen LogP contribution in [0, 0.1) is 0 Å². The van der Waals surface area contributed by atoms with Crippen molar-refractivity contribution in [2.24, 2.45) is 0 Å². The predicted molar refractivity (Wildman–Crippen MR) is 98.3 cm³/mol. The average molecular weight is 524 g/mol. The molecule has 1 fully saturated rings. The van der Waals surface area contributed by atoms with Crippen molar-refractivity contribution < 1.29 is 61.4 Å². The molecule has 0 saturated carbocycles. The van der Waals surface area contributed by atoms with Crippen molar-refractivity contribution in [2.75, 3.05) is 12.3 Å². The summed E-state index contributed by atoms with van der Waals surface area (Å²) in [4.78, 5) is 57.3. The number of nitrogens with zero attached hydrogens (tertiary/aromatic N) is 3. The highest BCUT2D eigenvalue weighted by Crippen LogP contribution is 2.66. The van der Waals surface area contributed by atoms with Crippen molar-refractivity contribution in [1.82, 2.24) is 19.5 Å². The van der Waals surface area contributed by atoms with E-state index in [9.17, 15) is 33.6 Å². The SMILES string of the molecule is Nc1nc2c(ncn2[C@@H]2O[C@H](CO[32P](=O)(O)OP(=O)(O)OP(=O)(O)O)[C@@H](O)[C@H]2O)c(=O)[nH]1. The number of aromatic amines is 1. The number of ether oxygens (including phenoxy) is 1. The molecule has 1 saturated heterocycles. The number of anilines is 1. The molecule has 0 radical (unpaired) electrons. The van der Waals surface area contributed by atoms with E-state index in [2.05, 4.69) is 28.1 Å². The number of imidazole rings is 1. The van der Waals surface area contributed by atoms with Gasteiger partial charge in [0, 0.05) is 0 Å². The first kappa shape index (κ1) is 25.1. The summed E-state index contributed by atoms with van der Waals surface area (Å²) in [6, 6.07) is 0. The molecule has 32 heavy (non-hydrogen) atoms. The zero-order valence-electron chi connectivity index (χ0n) is 15.3. The van der Waals surface area contributed by atoms with Crippen LogP contribution in [-0.2, 0) is 31.6 Å². The zero-order chi connectivity index (χ0) is 24.1. The molecular weight excluding hydrogens is 508 g/mol. The Hall–Kier alpha value is -1.56. The Morgan fingerprint density at radius 1 is 1.12 bits per heavy atom. The van der Waals surface area contributed by atoms with Gasteiger partial charge < -0.3 is 40.3 Å². The van der Waals surface area contributed by atoms with Crippen LogP contribution in [-0.4, -0.2) is 74.2 Å². The lowest BCUT2D eigenvalue weighted by Crippen LogP contribution is -2.33. The standard InChI is InChI=1S/C10H16N5O14P3/c11-10-13-7-4(8(18)14-10)12-2-15(7)9-6(17)5(16)3(27-9)1-26-31(22,23)29-32(24,25)28-30(19,20)21/h2-3,5-6,9,16-17H,1H2,(H,22,23)(H,24,25)(H2,19,20,21)(H3,11,13,14,18)/t3-,5-,6-,9-/m1/s1/i31+1. The van der Waals surface area contributed by atoms with Gasteiger partial charge in [0.25, 0.3) is 5.56 Å². The summed E-state index contributed by atoms with van der Waals surface area (Å²) in [5, 5.41) is 20.4. The van der Waals surface area contributed by atoms with Gasteiger partial charge in [-0.3, -0.25) is 18.9 Å². The van der Waals surface area contributed by atoms with E-state index in [1.165, 1.54) is 0 Å². The van der Waals surface area contributed by atoms with Crippen molar-refractivity contribution in [2.45, 2.75) is 24.5 Å². The van der Waals surface area contributed by atoms with Crippen molar-refractivity contribution in [3.8, 4) is 0 Å². The second-order valence-corrected chi connectivity index (χ2v) is 10.6. The Balaban J connectivity index is 1.72. The van der Waals surface area contributed by atoms with Gasteiger partial charge in [-0.1, -0.05) is 0 Å². The summed E-state index contributed by atoms with van der Waals surface area (Å²) in [6.07, 6.45) is -5.33. The van der Waals surface area contributed by atoms with Crippen LogP contribution in [0.25, 0.3) is 11.2 Å². The maximum atomic E-state index is 11.9. The average Bonchev–Trinajstić information content (AvgIpc) is 3.12. The molecule has 3 heterocycles. The second kappa shape index (κ2) is 8.66. The number of aromatic nitrogens is 4. The van der Waals surface area contributed by atoms with Crippen molar-refractivity contribution in [3.05, 3.63) is 16.7 Å². The van der Waals surface area contributed by atoms with E-state index in [1.807, 2.05) is 0 Å². The van der Waals surface area contributed by atoms with Crippen LogP contribution < -0.4 is 11.3 Å².